The standard InChI is InChI=1S/C13H20N2/c1-9-4-3-5-12(8-9)13(15-14)10(2)11-6-7-11/h3-5,8,10-11,13,15H,6-7,14H2,1-2H3. The van der Waals surface area contributed by atoms with Crippen molar-refractivity contribution in [3.05, 3.63) is 35.4 Å². The predicted octanol–water partition coefficient (Wildman–Crippen LogP) is 2.55. The average Bonchev–Trinajstić information content (AvgIpc) is 3.02. The lowest BCUT2D eigenvalue weighted by atomic mass is 9.90. The van der Waals surface area contributed by atoms with Crippen LogP contribution in [0.25, 0.3) is 0 Å². The number of nitrogens with one attached hydrogen (secondary N) is 1. The van der Waals surface area contributed by atoms with E-state index in [9.17, 15) is 0 Å². The number of aryl methyl sites for hydroxylation is 1. The molecule has 1 aliphatic rings. The van der Waals surface area contributed by atoms with Crippen LogP contribution in [0.2, 0.25) is 0 Å². The molecule has 15 heavy (non-hydrogen) atoms. The summed E-state index contributed by atoms with van der Waals surface area (Å²) in [5, 5.41) is 0. The van der Waals surface area contributed by atoms with Gasteiger partial charge in [0.05, 0.1) is 0 Å². The molecule has 0 aromatic heterocycles. The van der Waals surface area contributed by atoms with Gasteiger partial charge in [-0.25, -0.2) is 0 Å². The normalized spacial score (nSPS) is 19.9. The third-order valence-electron chi connectivity index (χ3n) is 3.47. The zero-order valence-electron chi connectivity index (χ0n) is 9.53. The molecule has 0 heterocycles. The summed E-state index contributed by atoms with van der Waals surface area (Å²) < 4.78 is 0. The minimum absolute atomic E-state index is 0.303. The molecule has 0 saturated heterocycles. The molecule has 0 bridgehead atoms. The largest absolute Gasteiger partial charge is 0.271 e. The second-order valence-corrected chi connectivity index (χ2v) is 4.76. The Morgan fingerprint density at radius 1 is 1.40 bits per heavy atom. The van der Waals surface area contributed by atoms with E-state index in [1.807, 2.05) is 0 Å². The van der Waals surface area contributed by atoms with Gasteiger partial charge in [0.1, 0.15) is 0 Å². The van der Waals surface area contributed by atoms with E-state index in [4.69, 9.17) is 5.84 Å². The lowest BCUT2D eigenvalue weighted by Crippen LogP contribution is -2.33. The smallest absolute Gasteiger partial charge is 0.0488 e. The van der Waals surface area contributed by atoms with E-state index in [2.05, 4.69) is 43.5 Å². The third-order valence-corrected chi connectivity index (χ3v) is 3.47. The fourth-order valence-electron chi connectivity index (χ4n) is 2.31. The molecule has 2 unspecified atom stereocenters. The molecule has 2 rings (SSSR count). The van der Waals surface area contributed by atoms with Crippen molar-refractivity contribution in [3.63, 3.8) is 0 Å². The van der Waals surface area contributed by atoms with Crippen molar-refractivity contribution >= 4 is 0 Å². The Labute approximate surface area is 91.8 Å². The number of hydrogen-bond acceptors (Lipinski definition) is 2. The van der Waals surface area contributed by atoms with Crippen LogP contribution in [-0.4, -0.2) is 0 Å². The van der Waals surface area contributed by atoms with E-state index in [-0.39, 0.29) is 0 Å². The Balaban J connectivity index is 2.17. The summed E-state index contributed by atoms with van der Waals surface area (Å²) in [5.41, 5.74) is 5.58. The van der Waals surface area contributed by atoms with Gasteiger partial charge in [-0.05, 0) is 37.2 Å². The Morgan fingerprint density at radius 3 is 2.67 bits per heavy atom. The summed E-state index contributed by atoms with van der Waals surface area (Å²) in [4.78, 5) is 0. The third kappa shape index (κ3) is 2.39. The topological polar surface area (TPSA) is 38.0 Å². The second kappa shape index (κ2) is 4.33. The first-order valence-electron chi connectivity index (χ1n) is 5.75. The van der Waals surface area contributed by atoms with Crippen molar-refractivity contribution in [1.29, 1.82) is 0 Å². The predicted molar refractivity (Wildman–Crippen MR) is 63.1 cm³/mol. The first-order chi connectivity index (χ1) is 7.22. The van der Waals surface area contributed by atoms with E-state index in [0.29, 0.717) is 12.0 Å². The van der Waals surface area contributed by atoms with Crippen LogP contribution < -0.4 is 11.3 Å². The van der Waals surface area contributed by atoms with Gasteiger partial charge in [0.2, 0.25) is 0 Å². The summed E-state index contributed by atoms with van der Waals surface area (Å²) >= 11 is 0. The van der Waals surface area contributed by atoms with Crippen LogP contribution in [0, 0.1) is 18.8 Å². The molecule has 1 aromatic carbocycles. The highest BCUT2D eigenvalue weighted by atomic mass is 15.2. The maximum absolute atomic E-state index is 5.67. The lowest BCUT2D eigenvalue weighted by Gasteiger charge is -2.23. The van der Waals surface area contributed by atoms with Crippen LogP contribution >= 0.6 is 0 Å². The fraction of sp³-hybridized carbons (Fsp3) is 0.538. The van der Waals surface area contributed by atoms with Gasteiger partial charge in [-0.15, -0.1) is 0 Å². The van der Waals surface area contributed by atoms with E-state index in [1.54, 1.807) is 0 Å². The number of hydrogen-bond donors (Lipinski definition) is 2. The monoisotopic (exact) mass is 204 g/mol. The molecule has 2 atom stereocenters. The Hall–Kier alpha value is -0.860. The summed E-state index contributed by atoms with van der Waals surface area (Å²) in [6.45, 7) is 4.42. The van der Waals surface area contributed by atoms with Crippen LogP contribution in [0.3, 0.4) is 0 Å². The zero-order valence-corrected chi connectivity index (χ0v) is 9.53. The molecule has 82 valence electrons. The molecule has 0 radical (unpaired) electrons. The number of hydrazine groups is 1. The zero-order chi connectivity index (χ0) is 10.8. The molecule has 2 heteroatoms. The minimum Gasteiger partial charge on any atom is -0.271 e. The van der Waals surface area contributed by atoms with Crippen LogP contribution in [0.15, 0.2) is 24.3 Å². The van der Waals surface area contributed by atoms with Gasteiger partial charge in [-0.3, -0.25) is 11.3 Å². The lowest BCUT2D eigenvalue weighted by molar-refractivity contribution is 0.354. The van der Waals surface area contributed by atoms with Gasteiger partial charge in [-0.1, -0.05) is 36.8 Å². The molecule has 1 fully saturated rings. The Bertz CT molecular complexity index is 331. The highest BCUT2D eigenvalue weighted by Crippen LogP contribution is 2.42. The van der Waals surface area contributed by atoms with Crippen molar-refractivity contribution < 1.29 is 0 Å². The molecule has 3 N–H and O–H groups in total. The van der Waals surface area contributed by atoms with Gasteiger partial charge in [-0.2, -0.15) is 0 Å². The van der Waals surface area contributed by atoms with Crippen LogP contribution in [-0.2, 0) is 0 Å². The van der Waals surface area contributed by atoms with Gasteiger partial charge in [0, 0.05) is 6.04 Å². The molecule has 1 aliphatic carbocycles. The quantitative estimate of drug-likeness (QED) is 0.584. The van der Waals surface area contributed by atoms with Crippen molar-refractivity contribution in [2.24, 2.45) is 17.7 Å². The van der Waals surface area contributed by atoms with Crippen molar-refractivity contribution in [2.75, 3.05) is 0 Å². The maximum Gasteiger partial charge on any atom is 0.0488 e. The van der Waals surface area contributed by atoms with Crippen LogP contribution in [0.5, 0.6) is 0 Å². The number of rotatable bonds is 4. The van der Waals surface area contributed by atoms with Gasteiger partial charge in [0.25, 0.3) is 0 Å². The average molecular weight is 204 g/mol. The summed E-state index contributed by atoms with van der Waals surface area (Å²) in [7, 11) is 0. The molecule has 1 saturated carbocycles. The highest BCUT2D eigenvalue weighted by molar-refractivity contribution is 5.25. The number of nitrogens with two attached hydrogens (primary N) is 1. The molecular formula is C13H20N2. The Kier molecular flexibility index (Phi) is 3.08. The Morgan fingerprint density at radius 2 is 2.13 bits per heavy atom. The molecule has 1 aromatic rings. The number of benzene rings is 1. The van der Waals surface area contributed by atoms with Crippen molar-refractivity contribution in [2.45, 2.75) is 32.7 Å². The first-order valence-corrected chi connectivity index (χ1v) is 5.75. The summed E-state index contributed by atoms with van der Waals surface area (Å²) in [6.07, 6.45) is 2.73. The SMILES string of the molecule is Cc1cccc(C(NN)C(C)C2CC2)c1. The highest BCUT2D eigenvalue weighted by Gasteiger charge is 2.33. The molecule has 0 aliphatic heterocycles. The van der Waals surface area contributed by atoms with Gasteiger partial charge >= 0.3 is 0 Å². The minimum atomic E-state index is 0.303. The van der Waals surface area contributed by atoms with Crippen molar-refractivity contribution in [3.8, 4) is 0 Å². The fourth-order valence-corrected chi connectivity index (χ4v) is 2.31. The maximum atomic E-state index is 5.67. The second-order valence-electron chi connectivity index (χ2n) is 4.76. The van der Waals surface area contributed by atoms with E-state index in [1.165, 1.54) is 24.0 Å². The molecule has 0 amide bonds. The molecule has 0 spiro atoms. The van der Waals surface area contributed by atoms with Crippen molar-refractivity contribution in [1.82, 2.24) is 5.43 Å². The van der Waals surface area contributed by atoms with E-state index >= 15 is 0 Å². The summed E-state index contributed by atoms with van der Waals surface area (Å²) in [5.74, 6) is 7.17. The molecular weight excluding hydrogens is 184 g/mol. The van der Waals surface area contributed by atoms with Crippen LogP contribution in [0.1, 0.15) is 36.9 Å². The molecule has 2 nitrogen and oxygen atoms in total. The van der Waals surface area contributed by atoms with Gasteiger partial charge in [0.15, 0.2) is 0 Å². The van der Waals surface area contributed by atoms with Gasteiger partial charge < -0.3 is 0 Å². The summed E-state index contributed by atoms with van der Waals surface area (Å²) in [6, 6.07) is 8.92. The van der Waals surface area contributed by atoms with E-state index in [0.717, 1.165) is 5.92 Å². The van der Waals surface area contributed by atoms with Crippen LogP contribution in [0.4, 0.5) is 0 Å². The first kappa shape index (κ1) is 10.7. The van der Waals surface area contributed by atoms with E-state index < -0.39 is 0 Å².